The van der Waals surface area contributed by atoms with E-state index in [2.05, 4.69) is 87.3 Å². The fourth-order valence-electron chi connectivity index (χ4n) is 16.9. The molecule has 588 valence electrons. The van der Waals surface area contributed by atoms with Gasteiger partial charge in [0.1, 0.15) is 30.5 Å². The number of carbonyl (C=O) groups excluding carboxylic acids is 2. The quantitative estimate of drug-likeness (QED) is 0.0169. The second-order valence-electron chi connectivity index (χ2n) is 33.1. The smallest absolute Gasteiger partial charge is 0.397 e. The minimum atomic E-state index is -5.33. The van der Waals surface area contributed by atoms with Crippen molar-refractivity contribution in [1.29, 1.82) is 0 Å². The van der Waals surface area contributed by atoms with Gasteiger partial charge in [-0.1, -0.05) is 276 Å². The van der Waals surface area contributed by atoms with Crippen molar-refractivity contribution in [2.45, 2.75) is 427 Å². The van der Waals surface area contributed by atoms with E-state index in [1.54, 1.807) is 6.92 Å². The molecule has 2 heterocycles. The van der Waals surface area contributed by atoms with Gasteiger partial charge in [-0.05, 0) is 136 Å². The molecular weight excluding hydrogens is 1280 g/mol. The van der Waals surface area contributed by atoms with E-state index < -0.39 is 103 Å². The van der Waals surface area contributed by atoms with Crippen molar-refractivity contribution in [1.82, 2.24) is 0 Å². The molecule has 7 N–H and O–H groups in total. The highest BCUT2D eigenvalue weighted by Gasteiger charge is 2.55. The Morgan fingerprint density at radius 2 is 0.707 bits per heavy atom. The molecule has 0 aromatic rings. The van der Waals surface area contributed by atoms with Crippen LogP contribution in [0.3, 0.4) is 0 Å². The minimum Gasteiger partial charge on any atom is -0.455 e. The third-order valence-electron chi connectivity index (χ3n) is 21.8. The SMILES string of the molecule is CCCCCCCCCCCCCCCCCC(=O)OC1C(O)C(CO)OC(OC2OC(CO)C(O)C(O)C2OS(=O)(=O)O)C1OC(=O)C(C)CC(C)CC(C)CC(C)CC(C)CC(C)CC(C)CC(C)CC(C)CC(C)CC(C)C(O)CCCCCCCCCCCCCCCCC. The predicted molar refractivity (Wildman–Crippen MR) is 399 cm³/mol. The Kier molecular flexibility index (Phi) is 51.9. The van der Waals surface area contributed by atoms with Gasteiger partial charge in [-0.25, -0.2) is 4.18 Å². The van der Waals surface area contributed by atoms with Crippen LogP contribution in [0.1, 0.15) is 360 Å². The van der Waals surface area contributed by atoms with E-state index in [9.17, 15) is 53.2 Å². The highest BCUT2D eigenvalue weighted by atomic mass is 32.3. The molecule has 2 rings (SSSR count). The highest BCUT2D eigenvalue weighted by Crippen LogP contribution is 2.37. The Morgan fingerprint density at radius 3 is 1.06 bits per heavy atom. The number of rotatable bonds is 62. The molecule has 22 unspecified atom stereocenters. The van der Waals surface area contributed by atoms with Crippen LogP contribution in [0.5, 0.6) is 0 Å². The number of hydrogen-bond acceptors (Lipinski definition) is 16. The van der Waals surface area contributed by atoms with Gasteiger partial charge in [-0.3, -0.25) is 14.1 Å². The van der Waals surface area contributed by atoms with Crippen LogP contribution in [0.4, 0.5) is 0 Å². The van der Waals surface area contributed by atoms with Crippen LogP contribution in [0.25, 0.3) is 0 Å². The first kappa shape index (κ1) is 93.5. The third-order valence-corrected chi connectivity index (χ3v) is 22.2. The number of carbonyl (C=O) groups is 2. The molecular formula is C81H156O17S. The number of unbranched alkanes of at least 4 members (excludes halogenated alkanes) is 28. The molecule has 17 nitrogen and oxygen atoms in total. The van der Waals surface area contributed by atoms with Crippen molar-refractivity contribution < 1.29 is 81.1 Å². The molecule has 2 aliphatic rings. The first-order chi connectivity index (χ1) is 47.1. The molecule has 2 saturated heterocycles. The third kappa shape index (κ3) is 43.0. The first-order valence-electron chi connectivity index (χ1n) is 41.1. The van der Waals surface area contributed by atoms with E-state index in [0.717, 1.165) is 64.2 Å². The van der Waals surface area contributed by atoms with Crippen LogP contribution in [-0.4, -0.2) is 136 Å². The summed E-state index contributed by atoms with van der Waals surface area (Å²) >= 11 is 0. The van der Waals surface area contributed by atoms with Crippen LogP contribution in [-0.2, 0) is 47.9 Å². The van der Waals surface area contributed by atoms with Gasteiger partial charge in [0.15, 0.2) is 24.6 Å². The summed E-state index contributed by atoms with van der Waals surface area (Å²) in [6, 6.07) is 0. The average molecular weight is 1430 g/mol. The maximum absolute atomic E-state index is 14.3. The van der Waals surface area contributed by atoms with Gasteiger partial charge in [0, 0.05) is 6.42 Å². The van der Waals surface area contributed by atoms with E-state index in [4.69, 9.17) is 23.7 Å². The topological polar surface area (TPSA) is 265 Å². The highest BCUT2D eigenvalue weighted by molar-refractivity contribution is 7.80. The Balaban J connectivity index is 1.89. The Labute approximate surface area is 606 Å². The zero-order valence-corrected chi connectivity index (χ0v) is 66.3. The molecule has 0 aliphatic carbocycles. The number of aliphatic hydroxyl groups is 6. The van der Waals surface area contributed by atoms with Crippen molar-refractivity contribution >= 4 is 22.3 Å². The Morgan fingerprint density at radius 1 is 0.394 bits per heavy atom. The second kappa shape index (κ2) is 55.0. The summed E-state index contributed by atoms with van der Waals surface area (Å²) in [5.41, 5.74) is 0. The minimum absolute atomic E-state index is 0.0222. The molecule has 0 amide bonds. The fraction of sp³-hybridized carbons (Fsp3) is 0.975. The molecule has 0 bridgehead atoms. The van der Waals surface area contributed by atoms with Crippen molar-refractivity contribution in [2.75, 3.05) is 13.2 Å². The largest absolute Gasteiger partial charge is 0.455 e. The summed E-state index contributed by atoms with van der Waals surface area (Å²) in [5, 5.41) is 64.6. The molecule has 0 saturated carbocycles. The van der Waals surface area contributed by atoms with Gasteiger partial charge in [0.25, 0.3) is 0 Å². The van der Waals surface area contributed by atoms with Crippen LogP contribution < -0.4 is 0 Å². The molecule has 2 fully saturated rings. The van der Waals surface area contributed by atoms with Crippen LogP contribution in [0.2, 0.25) is 0 Å². The molecule has 0 aromatic heterocycles. The van der Waals surface area contributed by atoms with E-state index in [1.807, 2.05) is 0 Å². The lowest BCUT2D eigenvalue weighted by molar-refractivity contribution is -0.374. The van der Waals surface area contributed by atoms with E-state index in [-0.39, 0.29) is 18.4 Å². The number of hydrogen-bond donors (Lipinski definition) is 7. The van der Waals surface area contributed by atoms with Gasteiger partial charge in [-0.2, -0.15) is 8.42 Å². The molecule has 18 heteroatoms. The lowest BCUT2D eigenvalue weighted by Gasteiger charge is -2.46. The van der Waals surface area contributed by atoms with E-state index in [1.165, 1.54) is 186 Å². The summed E-state index contributed by atoms with van der Waals surface area (Å²) < 4.78 is 67.8. The molecule has 2 aliphatic heterocycles. The van der Waals surface area contributed by atoms with E-state index >= 15 is 0 Å². The van der Waals surface area contributed by atoms with Gasteiger partial charge in [-0.15, -0.1) is 0 Å². The standard InChI is InChI=1S/C81H156O17S/c1-14-16-18-20-22-24-26-28-30-32-34-36-38-40-42-44-69(84)67(12)54-65(10)52-63(8)50-61(6)48-59(4)46-58(3)47-60(5)49-62(7)51-64(9)53-66(11)55-68(13)79(89)96-78-76(95-72(85)45-43-41-39-37-35-33-31-29-27-25-23-21-19-17-15-2)74(87)71(57-83)94-81(78)97-80-77(98-99(90,91)92)75(88)73(86)70(56-82)93-80/h58-71,73-78,80-84,86-88H,14-57H2,1-13H3,(H,90,91,92). The molecule has 0 radical (unpaired) electrons. The Hall–Kier alpha value is -1.55. The summed E-state index contributed by atoms with van der Waals surface area (Å²) in [4.78, 5) is 27.9. The van der Waals surface area contributed by atoms with Gasteiger partial charge >= 0.3 is 22.3 Å². The number of ether oxygens (including phenoxy) is 5. The predicted octanol–water partition coefficient (Wildman–Crippen LogP) is 18.3. The van der Waals surface area contributed by atoms with Crippen molar-refractivity contribution in [2.24, 2.45) is 65.1 Å². The molecule has 0 spiro atoms. The number of esters is 2. The Bertz CT molecular complexity index is 2090. The van der Waals surface area contributed by atoms with Crippen LogP contribution >= 0.6 is 0 Å². The lowest BCUT2D eigenvalue weighted by Crippen LogP contribution is -2.65. The fourth-order valence-corrected chi connectivity index (χ4v) is 17.4. The monoisotopic (exact) mass is 1430 g/mol. The maximum Gasteiger partial charge on any atom is 0.397 e. The molecule has 22 atom stereocenters. The van der Waals surface area contributed by atoms with Crippen molar-refractivity contribution in [3.8, 4) is 0 Å². The van der Waals surface area contributed by atoms with Gasteiger partial charge < -0.3 is 54.3 Å². The summed E-state index contributed by atoms with van der Waals surface area (Å²) in [5.74, 6) is 2.99. The molecule has 99 heavy (non-hydrogen) atoms. The van der Waals surface area contributed by atoms with Crippen molar-refractivity contribution in [3.63, 3.8) is 0 Å². The summed E-state index contributed by atoms with van der Waals surface area (Å²) in [6.07, 6.45) is 30.6. The second-order valence-corrected chi connectivity index (χ2v) is 34.1. The normalized spacial score (nSPS) is 25.2. The van der Waals surface area contributed by atoms with Gasteiger partial charge in [0.2, 0.25) is 6.29 Å². The maximum atomic E-state index is 14.3. The van der Waals surface area contributed by atoms with Gasteiger partial charge in [0.05, 0.1) is 25.2 Å². The zero-order valence-electron chi connectivity index (χ0n) is 65.4. The van der Waals surface area contributed by atoms with Crippen molar-refractivity contribution in [3.05, 3.63) is 0 Å². The summed E-state index contributed by atoms with van der Waals surface area (Å²) in [7, 11) is -5.33. The lowest BCUT2D eigenvalue weighted by atomic mass is 9.79. The summed E-state index contributed by atoms with van der Waals surface area (Å²) in [6.45, 7) is 28.0. The zero-order chi connectivity index (χ0) is 73.7. The first-order valence-corrected chi connectivity index (χ1v) is 42.4. The van der Waals surface area contributed by atoms with E-state index in [0.29, 0.717) is 66.1 Å². The molecule has 0 aromatic carbocycles. The average Bonchev–Trinajstić information content (AvgIpc) is 0.777. The van der Waals surface area contributed by atoms with Crippen LogP contribution in [0, 0.1) is 65.1 Å². The number of aliphatic hydroxyl groups excluding tert-OH is 6. The van der Waals surface area contributed by atoms with Crippen LogP contribution in [0.15, 0.2) is 0 Å².